The molecule has 7 heteroatoms. The number of hydrogen-bond acceptors (Lipinski definition) is 5. The molecule has 2 heterocycles. The van der Waals surface area contributed by atoms with Crippen molar-refractivity contribution in [3.63, 3.8) is 0 Å². The maximum Gasteiger partial charge on any atom is 0.310 e. The summed E-state index contributed by atoms with van der Waals surface area (Å²) < 4.78 is 5.28. The van der Waals surface area contributed by atoms with Crippen LogP contribution in [0.1, 0.15) is 18.5 Å². The summed E-state index contributed by atoms with van der Waals surface area (Å²) in [4.78, 5) is 22.7. The fourth-order valence-corrected chi connectivity index (χ4v) is 2.63. The molecule has 1 saturated heterocycles. The van der Waals surface area contributed by atoms with E-state index in [-0.39, 0.29) is 24.6 Å². The van der Waals surface area contributed by atoms with Crippen molar-refractivity contribution in [2.24, 2.45) is 5.92 Å². The van der Waals surface area contributed by atoms with E-state index in [2.05, 4.69) is 16.2 Å². The molecular formula is C13H15N3O4. The van der Waals surface area contributed by atoms with Crippen molar-refractivity contribution in [3.05, 3.63) is 23.8 Å². The standard InChI is InChI=1S/C13H15N3O4/c1-6-11(13(18)19)12(16-15-6)7-2-3-9-8(4-7)14-10(17)5-20-9/h2-4,6,11-12,15-16H,5H2,1H3,(H,14,17)(H,18,19). The number of amides is 1. The Morgan fingerprint density at radius 3 is 2.95 bits per heavy atom. The quantitative estimate of drug-likeness (QED) is 0.618. The minimum absolute atomic E-state index is 0.00433. The largest absolute Gasteiger partial charge is 0.482 e. The number of carboxylic acids is 1. The summed E-state index contributed by atoms with van der Waals surface area (Å²) in [5.41, 5.74) is 7.29. The molecule has 0 aromatic heterocycles. The molecule has 0 bridgehead atoms. The minimum Gasteiger partial charge on any atom is -0.482 e. The van der Waals surface area contributed by atoms with Crippen molar-refractivity contribution >= 4 is 17.6 Å². The molecule has 3 rings (SSSR count). The van der Waals surface area contributed by atoms with E-state index in [4.69, 9.17) is 4.74 Å². The van der Waals surface area contributed by atoms with E-state index in [9.17, 15) is 14.7 Å². The Bertz CT molecular complexity index is 575. The van der Waals surface area contributed by atoms with E-state index in [0.29, 0.717) is 11.4 Å². The number of carbonyl (C=O) groups excluding carboxylic acids is 1. The fraction of sp³-hybridized carbons (Fsp3) is 0.385. The zero-order valence-electron chi connectivity index (χ0n) is 10.8. The number of carboxylic acid groups (broad SMARTS) is 1. The molecule has 3 unspecified atom stereocenters. The first-order valence-corrected chi connectivity index (χ1v) is 6.36. The average molecular weight is 277 g/mol. The first kappa shape index (κ1) is 12.9. The molecule has 7 nitrogen and oxygen atoms in total. The maximum absolute atomic E-state index is 11.4. The van der Waals surface area contributed by atoms with E-state index >= 15 is 0 Å². The van der Waals surface area contributed by atoms with Gasteiger partial charge in [0.05, 0.1) is 17.6 Å². The van der Waals surface area contributed by atoms with Gasteiger partial charge in [0.1, 0.15) is 5.75 Å². The molecule has 2 aliphatic heterocycles. The Labute approximate surface area is 115 Å². The number of hydrazine groups is 1. The van der Waals surface area contributed by atoms with Gasteiger partial charge in [0.15, 0.2) is 6.61 Å². The van der Waals surface area contributed by atoms with E-state index in [1.54, 1.807) is 12.1 Å². The van der Waals surface area contributed by atoms with Gasteiger partial charge < -0.3 is 15.2 Å². The normalized spacial score (nSPS) is 28.4. The van der Waals surface area contributed by atoms with Crippen molar-refractivity contribution in [2.45, 2.75) is 19.0 Å². The second-order valence-corrected chi connectivity index (χ2v) is 5.01. The summed E-state index contributed by atoms with van der Waals surface area (Å²) in [7, 11) is 0. The molecule has 1 amide bonds. The highest BCUT2D eigenvalue weighted by Gasteiger charge is 2.39. The molecule has 0 saturated carbocycles. The first-order valence-electron chi connectivity index (χ1n) is 6.36. The lowest BCUT2D eigenvalue weighted by Gasteiger charge is -2.22. The molecule has 2 aliphatic rings. The monoisotopic (exact) mass is 277 g/mol. The smallest absolute Gasteiger partial charge is 0.310 e. The number of hydrogen-bond donors (Lipinski definition) is 4. The van der Waals surface area contributed by atoms with Crippen LogP contribution in [0.3, 0.4) is 0 Å². The molecule has 1 aromatic rings. The maximum atomic E-state index is 11.4. The average Bonchev–Trinajstić information content (AvgIpc) is 2.80. The van der Waals surface area contributed by atoms with Crippen LogP contribution in [-0.2, 0) is 9.59 Å². The van der Waals surface area contributed by atoms with Crippen LogP contribution in [0, 0.1) is 5.92 Å². The molecule has 0 radical (unpaired) electrons. The van der Waals surface area contributed by atoms with E-state index < -0.39 is 11.9 Å². The van der Waals surface area contributed by atoms with Gasteiger partial charge in [-0.1, -0.05) is 6.07 Å². The van der Waals surface area contributed by atoms with Crippen LogP contribution in [0.25, 0.3) is 0 Å². The van der Waals surface area contributed by atoms with Crippen LogP contribution >= 0.6 is 0 Å². The predicted octanol–water partition coefficient (Wildman–Crippen LogP) is 0.256. The molecule has 0 spiro atoms. The third-order valence-corrected chi connectivity index (χ3v) is 3.65. The number of ether oxygens (including phenoxy) is 1. The number of carbonyl (C=O) groups is 2. The van der Waals surface area contributed by atoms with Gasteiger partial charge >= 0.3 is 5.97 Å². The lowest BCUT2D eigenvalue weighted by molar-refractivity contribution is -0.142. The van der Waals surface area contributed by atoms with Gasteiger partial charge in [0.25, 0.3) is 5.91 Å². The summed E-state index contributed by atoms with van der Waals surface area (Å²) in [6, 6.07) is 4.77. The topological polar surface area (TPSA) is 99.7 Å². The molecule has 3 atom stereocenters. The number of aliphatic carboxylic acids is 1. The Kier molecular flexibility index (Phi) is 3.07. The molecule has 1 fully saturated rings. The molecule has 4 N–H and O–H groups in total. The Balaban J connectivity index is 1.93. The Morgan fingerprint density at radius 2 is 2.20 bits per heavy atom. The third-order valence-electron chi connectivity index (χ3n) is 3.65. The number of fused-ring (bicyclic) bond motifs is 1. The number of anilines is 1. The van der Waals surface area contributed by atoms with Gasteiger partial charge in [-0.2, -0.15) is 0 Å². The van der Waals surface area contributed by atoms with Crippen LogP contribution in [0.4, 0.5) is 5.69 Å². The van der Waals surface area contributed by atoms with E-state index in [0.717, 1.165) is 5.56 Å². The molecule has 0 aliphatic carbocycles. The highest BCUT2D eigenvalue weighted by atomic mass is 16.5. The summed E-state index contributed by atoms with van der Waals surface area (Å²) in [5.74, 6) is -1.05. The second-order valence-electron chi connectivity index (χ2n) is 5.01. The predicted molar refractivity (Wildman–Crippen MR) is 70.2 cm³/mol. The van der Waals surface area contributed by atoms with Crippen LogP contribution in [0.5, 0.6) is 5.75 Å². The highest BCUT2D eigenvalue weighted by Crippen LogP contribution is 2.35. The number of benzene rings is 1. The lowest BCUT2D eigenvalue weighted by atomic mass is 9.90. The summed E-state index contributed by atoms with van der Waals surface area (Å²) in [6.45, 7) is 1.82. The van der Waals surface area contributed by atoms with E-state index in [1.165, 1.54) is 0 Å². The molecular weight excluding hydrogens is 262 g/mol. The minimum atomic E-state index is -0.863. The van der Waals surface area contributed by atoms with Crippen molar-refractivity contribution in [1.29, 1.82) is 0 Å². The zero-order chi connectivity index (χ0) is 14.3. The van der Waals surface area contributed by atoms with Crippen molar-refractivity contribution in [2.75, 3.05) is 11.9 Å². The fourth-order valence-electron chi connectivity index (χ4n) is 2.63. The van der Waals surface area contributed by atoms with Gasteiger partial charge in [-0.3, -0.25) is 15.0 Å². The number of nitrogens with one attached hydrogen (secondary N) is 3. The van der Waals surface area contributed by atoms with Crippen LogP contribution < -0.4 is 20.9 Å². The third kappa shape index (κ3) is 2.10. The van der Waals surface area contributed by atoms with Crippen LogP contribution in [0.15, 0.2) is 18.2 Å². The number of rotatable bonds is 2. The molecule has 20 heavy (non-hydrogen) atoms. The highest BCUT2D eigenvalue weighted by molar-refractivity contribution is 5.95. The van der Waals surface area contributed by atoms with Gasteiger partial charge in [-0.25, -0.2) is 5.43 Å². The molecule has 1 aromatic carbocycles. The van der Waals surface area contributed by atoms with Crippen molar-refractivity contribution in [3.8, 4) is 5.75 Å². The van der Waals surface area contributed by atoms with Crippen LogP contribution in [-0.4, -0.2) is 29.6 Å². The van der Waals surface area contributed by atoms with Gasteiger partial charge in [0, 0.05) is 6.04 Å². The summed E-state index contributed by atoms with van der Waals surface area (Å²) in [5, 5.41) is 12.0. The van der Waals surface area contributed by atoms with Crippen molar-refractivity contribution in [1.82, 2.24) is 10.9 Å². The summed E-state index contributed by atoms with van der Waals surface area (Å²) in [6.07, 6.45) is 0. The SMILES string of the molecule is CC1NNC(c2ccc3c(c2)NC(=O)CO3)C1C(=O)O. The summed E-state index contributed by atoms with van der Waals surface area (Å²) >= 11 is 0. The first-order chi connectivity index (χ1) is 9.56. The Morgan fingerprint density at radius 1 is 1.40 bits per heavy atom. The lowest BCUT2D eigenvalue weighted by Crippen LogP contribution is -2.30. The van der Waals surface area contributed by atoms with E-state index in [1.807, 2.05) is 13.0 Å². The van der Waals surface area contributed by atoms with Crippen molar-refractivity contribution < 1.29 is 19.4 Å². The van der Waals surface area contributed by atoms with Gasteiger partial charge in [-0.05, 0) is 24.6 Å². The Hall–Kier alpha value is -2.12. The van der Waals surface area contributed by atoms with Gasteiger partial charge in [0.2, 0.25) is 0 Å². The second kappa shape index (κ2) is 4.77. The van der Waals surface area contributed by atoms with Crippen LogP contribution in [0.2, 0.25) is 0 Å². The molecule has 106 valence electrons. The van der Waals surface area contributed by atoms with Gasteiger partial charge in [-0.15, -0.1) is 0 Å². The zero-order valence-corrected chi connectivity index (χ0v) is 10.8.